The third-order valence-electron chi connectivity index (χ3n) is 6.12. The van der Waals surface area contributed by atoms with Crippen LogP contribution in [-0.2, 0) is 41.4 Å². The van der Waals surface area contributed by atoms with E-state index in [9.17, 15) is 24.0 Å². The number of hydrogen-bond donors (Lipinski definition) is 2. The number of carbonyl (C=O) groups excluding carboxylic acids is 5. The van der Waals surface area contributed by atoms with Crippen molar-refractivity contribution >= 4 is 35.6 Å². The minimum atomic E-state index is -0.631. The van der Waals surface area contributed by atoms with Crippen LogP contribution < -0.4 is 20.5 Å². The van der Waals surface area contributed by atoms with Crippen LogP contribution in [0.3, 0.4) is 0 Å². The van der Waals surface area contributed by atoms with E-state index in [1.807, 2.05) is 6.07 Å². The number of benzene rings is 2. The fraction of sp³-hybridized carbons (Fsp3) is 0.528. The lowest BCUT2D eigenvalue weighted by atomic mass is 9.98. The minimum absolute atomic E-state index is 0.0617. The standard InChI is InChI=1S/C24H28N2O6.C12H22O4/c1-24(2,3)32-23(29)26-16-10-11-18-20(14-16)30-13-5-7-17-15(9-12-21(25)27)6-4-8-19(17)31-22(18)28;1-11(2,3)15-9(13)7-8-10(14)16-12(4,5)6/h4,6,8,10-11,14H,5,7,9,12-13H2,1-3H3,(H2,25,27)(H,26,29);7-8H2,1-6H3. The molecule has 2 aromatic rings. The van der Waals surface area contributed by atoms with Crippen molar-refractivity contribution in [1.82, 2.24) is 0 Å². The highest BCUT2D eigenvalue weighted by molar-refractivity contribution is 5.95. The van der Waals surface area contributed by atoms with Crippen molar-refractivity contribution in [2.75, 3.05) is 11.9 Å². The van der Waals surface area contributed by atoms with Crippen molar-refractivity contribution in [2.24, 2.45) is 5.73 Å². The van der Waals surface area contributed by atoms with Crippen molar-refractivity contribution in [2.45, 2.75) is 118 Å². The topological polar surface area (TPSA) is 170 Å². The fourth-order valence-corrected chi connectivity index (χ4v) is 4.37. The van der Waals surface area contributed by atoms with Crippen molar-refractivity contribution in [3.05, 3.63) is 53.1 Å². The van der Waals surface area contributed by atoms with E-state index in [-0.39, 0.29) is 42.7 Å². The zero-order valence-corrected chi connectivity index (χ0v) is 29.6. The molecule has 0 aliphatic carbocycles. The van der Waals surface area contributed by atoms with Crippen LogP contribution in [0.15, 0.2) is 36.4 Å². The van der Waals surface area contributed by atoms with Gasteiger partial charge >= 0.3 is 24.0 Å². The average molecular weight is 671 g/mol. The van der Waals surface area contributed by atoms with Crippen LogP contribution in [0.25, 0.3) is 0 Å². The average Bonchev–Trinajstić information content (AvgIpc) is 2.91. The Hall–Kier alpha value is -4.61. The molecule has 12 nitrogen and oxygen atoms in total. The van der Waals surface area contributed by atoms with Gasteiger partial charge in [-0.1, -0.05) is 12.1 Å². The maximum Gasteiger partial charge on any atom is 0.412 e. The molecule has 0 bridgehead atoms. The highest BCUT2D eigenvalue weighted by atomic mass is 16.6. The number of fused-ring (bicyclic) bond motifs is 2. The van der Waals surface area contributed by atoms with E-state index < -0.39 is 28.9 Å². The number of aryl methyl sites for hydroxylation is 1. The summed E-state index contributed by atoms with van der Waals surface area (Å²) in [6, 6.07) is 10.1. The molecule has 3 N–H and O–H groups in total. The maximum absolute atomic E-state index is 12.9. The van der Waals surface area contributed by atoms with Crippen LogP contribution in [0.1, 0.15) is 109 Å². The number of amides is 2. The molecule has 3 rings (SSSR count). The van der Waals surface area contributed by atoms with Gasteiger partial charge in [0.15, 0.2) is 0 Å². The normalized spacial score (nSPS) is 13.1. The van der Waals surface area contributed by atoms with Crippen LogP contribution in [0.5, 0.6) is 11.5 Å². The van der Waals surface area contributed by atoms with Gasteiger partial charge < -0.3 is 29.4 Å². The van der Waals surface area contributed by atoms with E-state index in [0.717, 1.165) is 11.1 Å². The molecule has 0 saturated heterocycles. The Bertz CT molecular complexity index is 1430. The number of nitrogens with one attached hydrogen (secondary N) is 1. The molecule has 0 radical (unpaired) electrons. The van der Waals surface area contributed by atoms with Crippen molar-refractivity contribution in [3.8, 4) is 11.5 Å². The Morgan fingerprint density at radius 3 is 1.92 bits per heavy atom. The molecule has 2 amide bonds. The van der Waals surface area contributed by atoms with Gasteiger partial charge in [-0.15, -0.1) is 0 Å². The third kappa shape index (κ3) is 15.3. The van der Waals surface area contributed by atoms with Gasteiger partial charge in [-0.3, -0.25) is 19.7 Å². The third-order valence-corrected chi connectivity index (χ3v) is 6.12. The Labute approximate surface area is 283 Å². The summed E-state index contributed by atoms with van der Waals surface area (Å²) < 4.78 is 26.9. The number of primary amides is 1. The van der Waals surface area contributed by atoms with Gasteiger partial charge in [-0.05, 0) is 111 Å². The van der Waals surface area contributed by atoms with E-state index >= 15 is 0 Å². The van der Waals surface area contributed by atoms with E-state index in [1.54, 1.807) is 92.6 Å². The van der Waals surface area contributed by atoms with Gasteiger partial charge in [0.1, 0.15) is 33.9 Å². The summed E-state index contributed by atoms with van der Waals surface area (Å²) in [5.41, 5.74) is 6.12. The highest BCUT2D eigenvalue weighted by Gasteiger charge is 2.23. The number of rotatable bonds is 7. The largest absolute Gasteiger partial charge is 0.493 e. The second kappa shape index (κ2) is 17.0. The van der Waals surface area contributed by atoms with Gasteiger partial charge in [0, 0.05) is 18.2 Å². The summed E-state index contributed by atoms with van der Waals surface area (Å²) in [6.07, 6.45) is 1.50. The smallest absolute Gasteiger partial charge is 0.412 e. The van der Waals surface area contributed by atoms with E-state index in [0.29, 0.717) is 43.1 Å². The first kappa shape index (κ1) is 39.6. The number of nitrogens with two attached hydrogens (primary N) is 1. The first-order valence-electron chi connectivity index (χ1n) is 15.9. The summed E-state index contributed by atoms with van der Waals surface area (Å²) in [6.45, 7) is 16.4. The van der Waals surface area contributed by atoms with Gasteiger partial charge in [0.05, 0.1) is 19.4 Å². The molecule has 0 atom stereocenters. The van der Waals surface area contributed by atoms with Gasteiger partial charge in [0.2, 0.25) is 5.91 Å². The summed E-state index contributed by atoms with van der Waals surface area (Å²) in [5, 5.41) is 2.64. The number of hydrogen-bond acceptors (Lipinski definition) is 10. The molecule has 48 heavy (non-hydrogen) atoms. The molecule has 12 heteroatoms. The predicted octanol–water partition coefficient (Wildman–Crippen LogP) is 6.45. The monoisotopic (exact) mass is 670 g/mol. The summed E-state index contributed by atoms with van der Waals surface area (Å²) >= 11 is 0. The van der Waals surface area contributed by atoms with Crippen molar-refractivity contribution < 1.29 is 47.7 Å². The second-order valence-corrected chi connectivity index (χ2v) is 14.2. The van der Waals surface area contributed by atoms with Gasteiger partial charge in [-0.2, -0.15) is 0 Å². The molecule has 1 aliphatic heterocycles. The molecule has 2 aromatic carbocycles. The quantitative estimate of drug-likeness (QED) is 0.190. The number of esters is 3. The van der Waals surface area contributed by atoms with E-state index in [4.69, 9.17) is 29.4 Å². The molecule has 0 aromatic heterocycles. The summed E-state index contributed by atoms with van der Waals surface area (Å²) in [7, 11) is 0. The lowest BCUT2D eigenvalue weighted by Crippen LogP contribution is -2.27. The molecule has 0 unspecified atom stereocenters. The summed E-state index contributed by atoms with van der Waals surface area (Å²) in [5.74, 6) is -0.930. The van der Waals surface area contributed by atoms with Gasteiger partial charge in [0.25, 0.3) is 0 Å². The molecule has 1 heterocycles. The molecular formula is C36H50N2O10. The summed E-state index contributed by atoms with van der Waals surface area (Å²) in [4.78, 5) is 58.7. The van der Waals surface area contributed by atoms with E-state index in [1.165, 1.54) is 0 Å². The lowest BCUT2D eigenvalue weighted by molar-refractivity contribution is -0.162. The van der Waals surface area contributed by atoms with Crippen LogP contribution >= 0.6 is 0 Å². The van der Waals surface area contributed by atoms with Crippen molar-refractivity contribution in [1.29, 1.82) is 0 Å². The lowest BCUT2D eigenvalue weighted by Gasteiger charge is -2.21. The Kier molecular flexibility index (Phi) is 14.0. The Balaban J connectivity index is 0.000000424. The molecule has 0 saturated carbocycles. The Morgan fingerprint density at radius 1 is 0.792 bits per heavy atom. The number of anilines is 1. The first-order chi connectivity index (χ1) is 22.1. The van der Waals surface area contributed by atoms with E-state index in [2.05, 4.69) is 5.32 Å². The molecule has 0 fully saturated rings. The van der Waals surface area contributed by atoms with Crippen molar-refractivity contribution in [3.63, 3.8) is 0 Å². The van der Waals surface area contributed by atoms with Crippen LogP contribution in [-0.4, -0.2) is 53.3 Å². The van der Waals surface area contributed by atoms with Crippen LogP contribution in [0, 0.1) is 0 Å². The highest BCUT2D eigenvalue weighted by Crippen LogP contribution is 2.31. The number of ether oxygens (including phenoxy) is 5. The maximum atomic E-state index is 12.9. The number of carbonyl (C=O) groups is 5. The molecule has 264 valence electrons. The predicted molar refractivity (Wildman–Crippen MR) is 180 cm³/mol. The zero-order valence-electron chi connectivity index (χ0n) is 29.6. The second-order valence-electron chi connectivity index (χ2n) is 14.2. The molecule has 0 spiro atoms. The first-order valence-corrected chi connectivity index (χ1v) is 15.9. The molecular weight excluding hydrogens is 620 g/mol. The zero-order chi connectivity index (χ0) is 36.3. The van der Waals surface area contributed by atoms with Crippen LogP contribution in [0.2, 0.25) is 0 Å². The van der Waals surface area contributed by atoms with Crippen LogP contribution in [0.4, 0.5) is 10.5 Å². The van der Waals surface area contributed by atoms with Gasteiger partial charge in [-0.25, -0.2) is 9.59 Å². The SMILES string of the molecule is CC(C)(C)OC(=O)CCC(=O)OC(C)(C)C.CC(C)(C)OC(=O)Nc1ccc2c(c1)OCCCc1c(CCC(N)=O)cccc1OC2=O. The Morgan fingerprint density at radius 2 is 1.38 bits per heavy atom. The molecule has 1 aliphatic rings. The minimum Gasteiger partial charge on any atom is -0.493 e. The fourth-order valence-electron chi connectivity index (χ4n) is 4.37.